The molecule has 1 heterocycles. The monoisotopic (exact) mass is 498 g/mol. The van der Waals surface area contributed by atoms with Gasteiger partial charge in [-0.05, 0) is 36.4 Å². The van der Waals surface area contributed by atoms with Crippen molar-refractivity contribution in [3.05, 3.63) is 93.8 Å². The minimum Gasteiger partial charge on any atom is -0.456 e. The zero-order valence-corrected chi connectivity index (χ0v) is 19.3. The topological polar surface area (TPSA) is 77.5 Å². The van der Waals surface area contributed by atoms with E-state index >= 15 is 0 Å². The molecule has 0 saturated heterocycles. The molecule has 166 valence electrons. The molecule has 0 fully saturated rings. The van der Waals surface area contributed by atoms with Crippen molar-refractivity contribution < 1.29 is 19.1 Å². The van der Waals surface area contributed by atoms with E-state index in [2.05, 4.69) is 10.3 Å². The van der Waals surface area contributed by atoms with Crippen LogP contribution in [0.15, 0.2) is 78.2 Å². The summed E-state index contributed by atoms with van der Waals surface area (Å²) in [6, 6.07) is 20.9. The van der Waals surface area contributed by atoms with Crippen molar-refractivity contribution in [1.29, 1.82) is 0 Å². The number of thiazole rings is 1. The highest BCUT2D eigenvalue weighted by Crippen LogP contribution is 2.30. The zero-order valence-electron chi connectivity index (χ0n) is 17.0. The lowest BCUT2D eigenvalue weighted by Gasteiger charge is -2.10. The van der Waals surface area contributed by atoms with E-state index in [4.69, 9.17) is 32.7 Å². The number of rotatable bonds is 7. The number of nitrogens with zero attached hydrogens (tertiary/aromatic N) is 1. The fourth-order valence-corrected chi connectivity index (χ4v) is 3.86. The number of carbonyl (C=O) groups excluding carboxylic acids is 2. The first-order chi connectivity index (χ1) is 16.0. The summed E-state index contributed by atoms with van der Waals surface area (Å²) >= 11 is 13.2. The molecule has 0 unspecified atom stereocenters. The maximum absolute atomic E-state index is 12.5. The maximum atomic E-state index is 12.5. The number of para-hydroxylation sites is 2. The van der Waals surface area contributed by atoms with Crippen LogP contribution in [0.5, 0.6) is 11.5 Å². The van der Waals surface area contributed by atoms with E-state index in [0.717, 1.165) is 5.56 Å². The van der Waals surface area contributed by atoms with E-state index in [1.807, 2.05) is 18.2 Å². The number of nitrogens with one attached hydrogen (secondary N) is 1. The molecule has 4 rings (SSSR count). The Balaban J connectivity index is 1.36. The molecule has 1 amide bonds. The number of anilines is 1. The average molecular weight is 499 g/mol. The van der Waals surface area contributed by atoms with Gasteiger partial charge in [0, 0.05) is 10.9 Å². The summed E-state index contributed by atoms with van der Waals surface area (Å²) in [6.07, 6.45) is 0. The van der Waals surface area contributed by atoms with E-state index in [1.54, 1.807) is 60.0 Å². The van der Waals surface area contributed by atoms with Crippen LogP contribution >= 0.6 is 34.5 Å². The Morgan fingerprint density at radius 1 is 0.939 bits per heavy atom. The molecule has 0 aliphatic rings. The summed E-state index contributed by atoms with van der Waals surface area (Å²) in [5, 5.41) is 5.62. The number of halogens is 2. The Bertz CT molecular complexity index is 1290. The number of esters is 1. The largest absolute Gasteiger partial charge is 0.456 e. The van der Waals surface area contributed by atoms with Crippen molar-refractivity contribution >= 4 is 51.5 Å². The SMILES string of the molecule is O=C(COC(=O)c1ccccc1Oc1ccccc1)Nc1nc(-c2ccc(Cl)c(Cl)c2)cs1. The molecule has 0 atom stereocenters. The highest BCUT2D eigenvalue weighted by molar-refractivity contribution is 7.14. The van der Waals surface area contributed by atoms with Crippen molar-refractivity contribution in [2.24, 2.45) is 0 Å². The summed E-state index contributed by atoms with van der Waals surface area (Å²) in [7, 11) is 0. The molecular formula is C24H16Cl2N2O4S. The highest BCUT2D eigenvalue weighted by atomic mass is 35.5. The number of aromatic nitrogens is 1. The Hall–Kier alpha value is -3.39. The standard InChI is InChI=1S/C24H16Cl2N2O4S/c25-18-11-10-15(12-19(18)26)20-14-33-24(27-20)28-22(29)13-31-23(30)17-8-4-5-9-21(17)32-16-6-2-1-3-7-16/h1-12,14H,13H2,(H,27,28,29). The lowest BCUT2D eigenvalue weighted by Crippen LogP contribution is -2.21. The fraction of sp³-hybridized carbons (Fsp3) is 0.0417. The van der Waals surface area contributed by atoms with Gasteiger partial charge >= 0.3 is 5.97 Å². The van der Waals surface area contributed by atoms with Crippen LogP contribution in [0.1, 0.15) is 10.4 Å². The van der Waals surface area contributed by atoms with Crippen LogP contribution in [0.2, 0.25) is 10.0 Å². The third kappa shape index (κ3) is 5.90. The summed E-state index contributed by atoms with van der Waals surface area (Å²) in [6.45, 7) is -0.472. The lowest BCUT2D eigenvalue weighted by atomic mass is 10.2. The van der Waals surface area contributed by atoms with Crippen molar-refractivity contribution in [3.63, 3.8) is 0 Å². The Labute approximate surface area is 203 Å². The first-order valence-corrected chi connectivity index (χ1v) is 11.3. The van der Waals surface area contributed by atoms with E-state index in [0.29, 0.717) is 32.4 Å². The van der Waals surface area contributed by atoms with E-state index in [9.17, 15) is 9.59 Å². The number of amides is 1. The van der Waals surface area contributed by atoms with Crippen molar-refractivity contribution in [1.82, 2.24) is 4.98 Å². The second kappa shape index (κ2) is 10.5. The minimum atomic E-state index is -0.674. The number of carbonyl (C=O) groups is 2. The predicted molar refractivity (Wildman–Crippen MR) is 129 cm³/mol. The number of hydrogen-bond donors (Lipinski definition) is 1. The summed E-state index contributed by atoms with van der Waals surface area (Å²) < 4.78 is 10.9. The molecule has 0 spiro atoms. The van der Waals surface area contributed by atoms with Gasteiger partial charge < -0.3 is 9.47 Å². The predicted octanol–water partition coefficient (Wildman–Crippen LogP) is 6.70. The minimum absolute atomic E-state index is 0.213. The molecule has 33 heavy (non-hydrogen) atoms. The molecule has 0 bridgehead atoms. The molecule has 1 aromatic heterocycles. The van der Waals surface area contributed by atoms with E-state index in [1.165, 1.54) is 11.3 Å². The first kappa shape index (κ1) is 22.8. The van der Waals surface area contributed by atoms with Crippen molar-refractivity contribution in [3.8, 4) is 22.8 Å². The van der Waals surface area contributed by atoms with Gasteiger partial charge in [0.15, 0.2) is 11.7 Å². The van der Waals surface area contributed by atoms with Crippen LogP contribution in [-0.2, 0) is 9.53 Å². The van der Waals surface area contributed by atoms with E-state index < -0.39 is 18.5 Å². The zero-order chi connectivity index (χ0) is 23.2. The van der Waals surface area contributed by atoms with Gasteiger partial charge in [-0.15, -0.1) is 11.3 Å². The van der Waals surface area contributed by atoms with Crippen LogP contribution in [0.4, 0.5) is 5.13 Å². The summed E-state index contributed by atoms with van der Waals surface area (Å²) in [4.78, 5) is 29.2. The lowest BCUT2D eigenvalue weighted by molar-refractivity contribution is -0.119. The van der Waals surface area contributed by atoms with Crippen molar-refractivity contribution in [2.75, 3.05) is 11.9 Å². The van der Waals surface area contributed by atoms with E-state index in [-0.39, 0.29) is 5.56 Å². The second-order valence-corrected chi connectivity index (χ2v) is 8.37. The van der Waals surface area contributed by atoms with Gasteiger partial charge in [-0.25, -0.2) is 9.78 Å². The molecular weight excluding hydrogens is 483 g/mol. The molecule has 0 saturated carbocycles. The van der Waals surface area contributed by atoms with Gasteiger partial charge in [-0.1, -0.05) is 59.6 Å². The smallest absolute Gasteiger partial charge is 0.342 e. The third-order valence-electron chi connectivity index (χ3n) is 4.38. The first-order valence-electron chi connectivity index (χ1n) is 9.69. The maximum Gasteiger partial charge on any atom is 0.342 e. The highest BCUT2D eigenvalue weighted by Gasteiger charge is 2.17. The Kier molecular flexibility index (Phi) is 7.24. The second-order valence-electron chi connectivity index (χ2n) is 6.70. The van der Waals surface area contributed by atoms with Crippen LogP contribution < -0.4 is 10.1 Å². The molecule has 6 nitrogen and oxygen atoms in total. The molecule has 1 N–H and O–H groups in total. The van der Waals surface area contributed by atoms with Gasteiger partial charge in [0.1, 0.15) is 17.1 Å². The van der Waals surface area contributed by atoms with Crippen LogP contribution in [0.3, 0.4) is 0 Å². The molecule has 0 aliphatic heterocycles. The third-order valence-corrected chi connectivity index (χ3v) is 5.87. The Morgan fingerprint density at radius 3 is 2.48 bits per heavy atom. The quantitative estimate of drug-likeness (QED) is 0.286. The molecule has 0 aliphatic carbocycles. The van der Waals surface area contributed by atoms with Gasteiger partial charge in [0.25, 0.3) is 5.91 Å². The van der Waals surface area contributed by atoms with Crippen LogP contribution in [0, 0.1) is 0 Å². The summed E-state index contributed by atoms with van der Waals surface area (Å²) in [5.41, 5.74) is 1.62. The normalized spacial score (nSPS) is 10.5. The molecule has 9 heteroatoms. The number of ether oxygens (including phenoxy) is 2. The van der Waals surface area contributed by atoms with Gasteiger partial charge in [-0.3, -0.25) is 10.1 Å². The Morgan fingerprint density at radius 2 is 1.70 bits per heavy atom. The fourth-order valence-electron chi connectivity index (χ4n) is 2.82. The average Bonchev–Trinajstić information content (AvgIpc) is 3.28. The summed E-state index contributed by atoms with van der Waals surface area (Å²) in [5.74, 6) is -0.274. The number of benzene rings is 3. The van der Waals surface area contributed by atoms with Gasteiger partial charge in [0.2, 0.25) is 0 Å². The van der Waals surface area contributed by atoms with Crippen LogP contribution in [0.25, 0.3) is 11.3 Å². The molecule has 0 radical (unpaired) electrons. The molecule has 3 aromatic carbocycles. The van der Waals surface area contributed by atoms with Crippen molar-refractivity contribution in [2.45, 2.75) is 0 Å². The van der Waals surface area contributed by atoms with Crippen LogP contribution in [-0.4, -0.2) is 23.5 Å². The van der Waals surface area contributed by atoms with Gasteiger partial charge in [-0.2, -0.15) is 0 Å². The van der Waals surface area contributed by atoms with Gasteiger partial charge in [0.05, 0.1) is 15.7 Å². The number of hydrogen-bond acceptors (Lipinski definition) is 6. The molecule has 4 aromatic rings.